The molecule has 0 atom stereocenters. The number of nitrogens with one attached hydrogen (secondary N) is 1. The van der Waals surface area contributed by atoms with E-state index in [0.29, 0.717) is 48.4 Å². The smallest absolute Gasteiger partial charge is 0.244 e. The van der Waals surface area contributed by atoms with Crippen LogP contribution in [0.1, 0.15) is 32.1 Å². The number of nitrogens with zero attached hydrogens (tertiary/aromatic N) is 1. The first kappa shape index (κ1) is 23.0. The number of likely N-dealkylation sites (tertiary alicyclic amines) is 1. The summed E-state index contributed by atoms with van der Waals surface area (Å²) in [4.78, 5) is 14.5. The quantitative estimate of drug-likeness (QED) is 0.439. The minimum absolute atomic E-state index is 0.141. The van der Waals surface area contributed by atoms with E-state index in [1.54, 1.807) is 41.9 Å². The summed E-state index contributed by atoms with van der Waals surface area (Å²) in [6.07, 6.45) is 2.89. The third-order valence-electron chi connectivity index (χ3n) is 6.34. The first-order valence-electron chi connectivity index (χ1n) is 10.7. The summed E-state index contributed by atoms with van der Waals surface area (Å²) >= 11 is 5.89. The number of carbonyl (C=O) groups is 1. The van der Waals surface area contributed by atoms with Crippen LogP contribution in [0.15, 0.2) is 53.4 Å². The standard InChI is InChI=1S/C23H27ClN2O5S/c24-18-3-5-19(6-4-18)31-20-7-9-21(10-8-20)32(29,30)23(15-22(27)25-28)11-13-26(14-12-23)16-17-1-2-17/h3-10,17,28H,1-2,11-16H2,(H,25,27). The van der Waals surface area contributed by atoms with Crippen LogP contribution < -0.4 is 10.2 Å². The second-order valence-electron chi connectivity index (χ2n) is 8.67. The Morgan fingerprint density at radius 3 is 2.16 bits per heavy atom. The molecule has 1 amide bonds. The molecule has 0 aromatic heterocycles. The first-order valence-corrected chi connectivity index (χ1v) is 12.6. The molecule has 0 bridgehead atoms. The molecule has 4 rings (SSSR count). The minimum atomic E-state index is -3.83. The fourth-order valence-electron chi connectivity index (χ4n) is 4.26. The van der Waals surface area contributed by atoms with Crippen molar-refractivity contribution in [2.45, 2.75) is 41.7 Å². The number of hydroxylamine groups is 1. The molecule has 1 saturated heterocycles. The van der Waals surface area contributed by atoms with Crippen LogP contribution in [0.5, 0.6) is 11.5 Å². The molecule has 9 heteroatoms. The fraction of sp³-hybridized carbons (Fsp3) is 0.435. The van der Waals surface area contributed by atoms with Crippen molar-refractivity contribution in [1.29, 1.82) is 0 Å². The Morgan fingerprint density at radius 1 is 1.06 bits per heavy atom. The van der Waals surface area contributed by atoms with Gasteiger partial charge in [0.15, 0.2) is 9.84 Å². The number of rotatable bonds is 8. The van der Waals surface area contributed by atoms with Crippen LogP contribution in [-0.4, -0.2) is 48.8 Å². The molecule has 1 aliphatic heterocycles. The molecule has 0 radical (unpaired) electrons. The Bertz CT molecular complexity index is 1040. The summed E-state index contributed by atoms with van der Waals surface area (Å²) in [5.74, 6) is 1.11. The number of hydrogen-bond acceptors (Lipinski definition) is 6. The topological polar surface area (TPSA) is 95.9 Å². The van der Waals surface area contributed by atoms with Gasteiger partial charge in [-0.15, -0.1) is 0 Å². The maximum Gasteiger partial charge on any atom is 0.244 e. The highest BCUT2D eigenvalue weighted by Gasteiger charge is 2.48. The van der Waals surface area contributed by atoms with Gasteiger partial charge in [0, 0.05) is 18.0 Å². The van der Waals surface area contributed by atoms with Crippen molar-refractivity contribution >= 4 is 27.3 Å². The number of benzene rings is 2. The summed E-state index contributed by atoms with van der Waals surface area (Å²) in [7, 11) is -3.83. The Kier molecular flexibility index (Phi) is 6.76. The number of halogens is 1. The molecule has 172 valence electrons. The summed E-state index contributed by atoms with van der Waals surface area (Å²) in [6, 6.07) is 13.1. The van der Waals surface area contributed by atoms with Crippen LogP contribution in [0.25, 0.3) is 0 Å². The molecule has 2 fully saturated rings. The lowest BCUT2D eigenvalue weighted by Gasteiger charge is -2.40. The van der Waals surface area contributed by atoms with Crippen LogP contribution in [0.3, 0.4) is 0 Å². The van der Waals surface area contributed by atoms with E-state index in [4.69, 9.17) is 21.5 Å². The van der Waals surface area contributed by atoms with E-state index in [1.807, 2.05) is 0 Å². The van der Waals surface area contributed by atoms with E-state index in [2.05, 4.69) is 4.90 Å². The highest BCUT2D eigenvalue weighted by molar-refractivity contribution is 7.92. The lowest BCUT2D eigenvalue weighted by Crippen LogP contribution is -2.51. The maximum atomic E-state index is 13.7. The molecule has 0 unspecified atom stereocenters. The van der Waals surface area contributed by atoms with Gasteiger partial charge in [-0.3, -0.25) is 10.0 Å². The number of carbonyl (C=O) groups excluding carboxylic acids is 1. The lowest BCUT2D eigenvalue weighted by molar-refractivity contribution is -0.130. The summed E-state index contributed by atoms with van der Waals surface area (Å²) in [5, 5.41) is 9.66. The summed E-state index contributed by atoms with van der Waals surface area (Å²) in [5.41, 5.74) is 1.61. The largest absolute Gasteiger partial charge is 0.457 e. The van der Waals surface area contributed by atoms with Gasteiger partial charge in [0.05, 0.1) is 9.64 Å². The molecule has 1 aliphatic carbocycles. The Balaban J connectivity index is 1.53. The number of amides is 1. The van der Waals surface area contributed by atoms with E-state index in [-0.39, 0.29) is 11.3 Å². The van der Waals surface area contributed by atoms with E-state index in [9.17, 15) is 13.2 Å². The first-order chi connectivity index (χ1) is 15.3. The molecule has 2 aromatic carbocycles. The van der Waals surface area contributed by atoms with Gasteiger partial charge in [0.1, 0.15) is 11.5 Å². The van der Waals surface area contributed by atoms with E-state index in [1.165, 1.54) is 25.0 Å². The van der Waals surface area contributed by atoms with Gasteiger partial charge in [-0.1, -0.05) is 11.6 Å². The predicted molar refractivity (Wildman–Crippen MR) is 121 cm³/mol. The van der Waals surface area contributed by atoms with Crippen molar-refractivity contribution in [3.63, 3.8) is 0 Å². The average Bonchev–Trinajstić information content (AvgIpc) is 3.61. The fourth-order valence-corrected chi connectivity index (χ4v) is 6.42. The van der Waals surface area contributed by atoms with Crippen LogP contribution in [0.4, 0.5) is 0 Å². The molecule has 0 spiro atoms. The summed E-state index contributed by atoms with van der Waals surface area (Å²) < 4.78 is 31.8. The second-order valence-corrected chi connectivity index (χ2v) is 11.5. The average molecular weight is 479 g/mol. The molecular formula is C23H27ClN2O5S. The van der Waals surface area contributed by atoms with Crippen LogP contribution in [0.2, 0.25) is 5.02 Å². The molecule has 2 aromatic rings. The third-order valence-corrected chi connectivity index (χ3v) is 9.18. The van der Waals surface area contributed by atoms with Crippen LogP contribution >= 0.6 is 11.6 Å². The van der Waals surface area contributed by atoms with Crippen molar-refractivity contribution in [1.82, 2.24) is 10.4 Å². The third kappa shape index (κ3) is 5.09. The Labute approximate surface area is 193 Å². The van der Waals surface area contributed by atoms with E-state index >= 15 is 0 Å². The maximum absolute atomic E-state index is 13.7. The number of hydrogen-bond donors (Lipinski definition) is 2. The van der Waals surface area contributed by atoms with Crippen molar-refractivity contribution in [3.8, 4) is 11.5 Å². The normalized spacial score (nSPS) is 18.8. The lowest BCUT2D eigenvalue weighted by atomic mass is 9.92. The van der Waals surface area contributed by atoms with Crippen molar-refractivity contribution in [2.24, 2.45) is 5.92 Å². The Morgan fingerprint density at radius 2 is 1.62 bits per heavy atom. The van der Waals surface area contributed by atoms with E-state index in [0.717, 1.165) is 6.54 Å². The summed E-state index contributed by atoms with van der Waals surface area (Å²) in [6.45, 7) is 2.22. The molecule has 2 aliphatic rings. The van der Waals surface area contributed by atoms with Gasteiger partial charge in [-0.05, 0) is 93.2 Å². The molecule has 7 nitrogen and oxygen atoms in total. The zero-order chi connectivity index (χ0) is 22.8. The highest BCUT2D eigenvalue weighted by atomic mass is 35.5. The SMILES string of the molecule is O=C(CC1(S(=O)(=O)c2ccc(Oc3ccc(Cl)cc3)cc2)CCN(CC2CC2)CC1)NO. The number of piperidine rings is 1. The molecule has 32 heavy (non-hydrogen) atoms. The zero-order valence-electron chi connectivity index (χ0n) is 17.7. The highest BCUT2D eigenvalue weighted by Crippen LogP contribution is 2.40. The molecule has 1 heterocycles. The van der Waals surface area contributed by atoms with Gasteiger partial charge >= 0.3 is 0 Å². The van der Waals surface area contributed by atoms with Gasteiger partial charge in [0.2, 0.25) is 5.91 Å². The van der Waals surface area contributed by atoms with Gasteiger partial charge in [0.25, 0.3) is 0 Å². The Hall–Kier alpha value is -2.13. The van der Waals surface area contributed by atoms with Crippen molar-refractivity contribution in [2.75, 3.05) is 19.6 Å². The molecule has 1 saturated carbocycles. The second kappa shape index (κ2) is 9.39. The van der Waals surface area contributed by atoms with Gasteiger partial charge in [-0.25, -0.2) is 13.9 Å². The number of sulfone groups is 1. The van der Waals surface area contributed by atoms with Crippen molar-refractivity contribution in [3.05, 3.63) is 53.6 Å². The van der Waals surface area contributed by atoms with Gasteiger partial charge < -0.3 is 9.64 Å². The zero-order valence-corrected chi connectivity index (χ0v) is 19.2. The molecule has 2 N–H and O–H groups in total. The van der Waals surface area contributed by atoms with Crippen LogP contribution in [-0.2, 0) is 14.6 Å². The molecular weight excluding hydrogens is 452 g/mol. The predicted octanol–water partition coefficient (Wildman–Crippen LogP) is 4.05. The van der Waals surface area contributed by atoms with Crippen LogP contribution in [0, 0.1) is 5.92 Å². The van der Waals surface area contributed by atoms with Gasteiger partial charge in [-0.2, -0.15) is 0 Å². The minimum Gasteiger partial charge on any atom is -0.457 e. The van der Waals surface area contributed by atoms with E-state index < -0.39 is 20.5 Å². The monoisotopic (exact) mass is 478 g/mol. The van der Waals surface area contributed by atoms with Crippen molar-refractivity contribution < 1.29 is 23.2 Å². The number of ether oxygens (including phenoxy) is 1.